The molecule has 0 atom stereocenters. The number of aryl methyl sites for hydroxylation is 1. The first-order valence-electron chi connectivity index (χ1n) is 13.3. The Balaban J connectivity index is 1.24. The van der Waals surface area contributed by atoms with Crippen molar-refractivity contribution < 1.29 is 9.53 Å². The smallest absolute Gasteiger partial charge is 0.263 e. The van der Waals surface area contributed by atoms with E-state index >= 15 is 0 Å². The lowest BCUT2D eigenvalue weighted by Crippen LogP contribution is -2.49. The number of likely N-dealkylation sites (tertiary alicyclic amines) is 1. The lowest BCUT2D eigenvalue weighted by atomic mass is 9.75. The van der Waals surface area contributed by atoms with Crippen LogP contribution in [0.3, 0.4) is 0 Å². The van der Waals surface area contributed by atoms with Gasteiger partial charge in [-0.15, -0.1) is 10.2 Å². The summed E-state index contributed by atoms with van der Waals surface area (Å²) in [5.74, 6) is 0.535. The van der Waals surface area contributed by atoms with E-state index < -0.39 is 0 Å². The van der Waals surface area contributed by atoms with E-state index in [1.54, 1.807) is 17.0 Å². The molecule has 2 aliphatic heterocycles. The molecule has 9 nitrogen and oxygen atoms in total. The first kappa shape index (κ1) is 24.1. The van der Waals surface area contributed by atoms with Crippen molar-refractivity contribution in [2.24, 2.45) is 7.05 Å². The van der Waals surface area contributed by atoms with Gasteiger partial charge in [0.1, 0.15) is 17.7 Å². The van der Waals surface area contributed by atoms with Crippen molar-refractivity contribution >= 4 is 11.6 Å². The molecule has 3 aliphatic rings. The molecule has 0 bridgehead atoms. The third kappa shape index (κ3) is 4.98. The standard InChI is InChI=1S/C28H34N6O3/c1-32-19-29-31-25(32)14-28(17-37-18-28)21-6-5-7-22(13-21)30-26(35)24-12-20(15-33-10-3-2-4-11-33)16-34(27(24)36)23-8-9-23/h5-7,12-13,16,19,23H,2-4,8-11,14-15,17-18H2,1H3,(H,30,35). The second-order valence-corrected chi connectivity index (χ2v) is 10.9. The van der Waals surface area contributed by atoms with Crippen LogP contribution < -0.4 is 10.9 Å². The number of piperidine rings is 1. The highest BCUT2D eigenvalue weighted by Crippen LogP contribution is 2.37. The number of carbonyl (C=O) groups is 1. The van der Waals surface area contributed by atoms with E-state index in [0.29, 0.717) is 25.3 Å². The molecule has 1 aromatic carbocycles. The number of anilines is 1. The van der Waals surface area contributed by atoms with E-state index in [2.05, 4.69) is 26.5 Å². The second kappa shape index (κ2) is 9.87. The normalized spacial score (nSPS) is 19.4. The zero-order chi connectivity index (χ0) is 25.4. The zero-order valence-corrected chi connectivity index (χ0v) is 21.4. The SMILES string of the molecule is Cn1cnnc1CC1(c2cccc(NC(=O)c3cc(CN4CCCCC4)cn(C4CC4)c3=O)c2)COC1. The zero-order valence-electron chi connectivity index (χ0n) is 21.4. The van der Waals surface area contributed by atoms with Crippen molar-refractivity contribution in [2.75, 3.05) is 31.6 Å². The molecule has 2 aromatic heterocycles. The maximum absolute atomic E-state index is 13.4. The number of carbonyl (C=O) groups excluding carboxylic acids is 1. The number of benzene rings is 1. The summed E-state index contributed by atoms with van der Waals surface area (Å²) in [4.78, 5) is 29.1. The Labute approximate surface area is 216 Å². The number of amides is 1. The summed E-state index contributed by atoms with van der Waals surface area (Å²) in [6.45, 7) is 4.07. The molecule has 1 N–H and O–H groups in total. The highest BCUT2D eigenvalue weighted by molar-refractivity contribution is 6.04. The fourth-order valence-corrected chi connectivity index (χ4v) is 5.52. The molecule has 1 saturated carbocycles. The first-order valence-corrected chi connectivity index (χ1v) is 13.3. The maximum atomic E-state index is 13.4. The number of pyridine rings is 1. The van der Waals surface area contributed by atoms with Gasteiger partial charge in [-0.05, 0) is 68.1 Å². The van der Waals surface area contributed by atoms with E-state index in [0.717, 1.165) is 49.4 Å². The van der Waals surface area contributed by atoms with Crippen LogP contribution in [-0.4, -0.2) is 56.4 Å². The minimum Gasteiger partial charge on any atom is -0.379 e. The fraction of sp³-hybridized carbons (Fsp3) is 0.500. The highest BCUT2D eigenvalue weighted by atomic mass is 16.5. The van der Waals surface area contributed by atoms with Crippen LogP contribution in [0.5, 0.6) is 0 Å². The monoisotopic (exact) mass is 502 g/mol. The highest BCUT2D eigenvalue weighted by Gasteiger charge is 2.42. The first-order chi connectivity index (χ1) is 18.0. The summed E-state index contributed by atoms with van der Waals surface area (Å²) in [5, 5.41) is 11.3. The molecule has 1 amide bonds. The molecule has 3 fully saturated rings. The van der Waals surface area contributed by atoms with Crippen molar-refractivity contribution in [3.63, 3.8) is 0 Å². The number of ether oxygens (including phenoxy) is 1. The third-order valence-corrected chi connectivity index (χ3v) is 7.93. The molecule has 194 valence electrons. The quantitative estimate of drug-likeness (QED) is 0.509. The molecule has 0 spiro atoms. The summed E-state index contributed by atoms with van der Waals surface area (Å²) >= 11 is 0. The van der Waals surface area contributed by atoms with Gasteiger partial charge in [-0.3, -0.25) is 14.5 Å². The lowest BCUT2D eigenvalue weighted by Gasteiger charge is -2.41. The Morgan fingerprint density at radius 2 is 1.97 bits per heavy atom. The topological polar surface area (TPSA) is 94.3 Å². The number of aromatic nitrogens is 4. The largest absolute Gasteiger partial charge is 0.379 e. The van der Waals surface area contributed by atoms with Crippen molar-refractivity contribution in [3.8, 4) is 0 Å². The average molecular weight is 503 g/mol. The molecular weight excluding hydrogens is 468 g/mol. The summed E-state index contributed by atoms with van der Waals surface area (Å²) in [5.41, 5.74) is 2.58. The predicted molar refractivity (Wildman–Crippen MR) is 140 cm³/mol. The number of nitrogens with zero attached hydrogens (tertiary/aromatic N) is 5. The van der Waals surface area contributed by atoms with Crippen molar-refractivity contribution in [3.05, 3.63) is 75.7 Å². The van der Waals surface area contributed by atoms with E-state index in [-0.39, 0.29) is 28.5 Å². The summed E-state index contributed by atoms with van der Waals surface area (Å²) < 4.78 is 9.32. The fourth-order valence-electron chi connectivity index (χ4n) is 5.52. The molecule has 37 heavy (non-hydrogen) atoms. The Morgan fingerprint density at radius 1 is 1.16 bits per heavy atom. The number of nitrogens with one attached hydrogen (secondary N) is 1. The molecular formula is C28H34N6O3. The van der Waals surface area contributed by atoms with E-state index in [1.807, 2.05) is 36.0 Å². The Kier molecular flexibility index (Phi) is 6.42. The molecule has 1 aliphatic carbocycles. The van der Waals surface area contributed by atoms with Crippen molar-refractivity contribution in [1.82, 2.24) is 24.2 Å². The van der Waals surface area contributed by atoms with E-state index in [4.69, 9.17) is 4.74 Å². The van der Waals surface area contributed by atoms with Gasteiger partial charge in [-0.1, -0.05) is 18.6 Å². The molecule has 0 radical (unpaired) electrons. The Hall–Kier alpha value is -3.30. The molecule has 9 heteroatoms. The van der Waals surface area contributed by atoms with Gasteiger partial charge in [0.15, 0.2) is 0 Å². The van der Waals surface area contributed by atoms with Gasteiger partial charge in [-0.25, -0.2) is 0 Å². The van der Waals surface area contributed by atoms with Gasteiger partial charge >= 0.3 is 0 Å². The average Bonchev–Trinajstić information content (AvgIpc) is 3.64. The summed E-state index contributed by atoms with van der Waals surface area (Å²) in [6, 6.07) is 9.87. The van der Waals surface area contributed by atoms with Crippen LogP contribution in [0.25, 0.3) is 0 Å². The van der Waals surface area contributed by atoms with Crippen molar-refractivity contribution in [1.29, 1.82) is 0 Å². The predicted octanol–water partition coefficient (Wildman–Crippen LogP) is 3.06. The number of rotatable bonds is 8. The van der Waals surface area contributed by atoms with Crippen LogP contribution in [0.2, 0.25) is 0 Å². The minimum absolute atomic E-state index is 0.204. The van der Waals surface area contributed by atoms with Gasteiger partial charge in [0.2, 0.25) is 0 Å². The Bertz CT molecular complexity index is 1350. The number of hydrogen-bond acceptors (Lipinski definition) is 6. The lowest BCUT2D eigenvalue weighted by molar-refractivity contribution is -0.0610. The van der Waals surface area contributed by atoms with Crippen molar-refractivity contribution in [2.45, 2.75) is 56.5 Å². The molecule has 6 rings (SSSR count). The molecule has 4 heterocycles. The summed E-state index contributed by atoms with van der Waals surface area (Å²) in [7, 11) is 1.94. The Morgan fingerprint density at radius 3 is 2.65 bits per heavy atom. The summed E-state index contributed by atoms with van der Waals surface area (Å²) in [6.07, 6.45) is 10.0. The van der Waals surface area contributed by atoms with Crippen LogP contribution in [0.1, 0.15) is 65.5 Å². The van der Waals surface area contributed by atoms with Gasteiger partial charge in [-0.2, -0.15) is 0 Å². The van der Waals surface area contributed by atoms with E-state index in [9.17, 15) is 9.59 Å². The number of hydrogen-bond donors (Lipinski definition) is 1. The second-order valence-electron chi connectivity index (χ2n) is 10.9. The van der Waals surface area contributed by atoms with Crippen LogP contribution in [0, 0.1) is 0 Å². The molecule has 0 unspecified atom stereocenters. The molecule has 3 aromatic rings. The van der Waals surface area contributed by atoms with Crippen LogP contribution in [-0.2, 0) is 30.2 Å². The minimum atomic E-state index is -0.357. The van der Waals surface area contributed by atoms with Gasteiger partial charge in [0, 0.05) is 43.4 Å². The van der Waals surface area contributed by atoms with Gasteiger partial charge < -0.3 is 19.2 Å². The molecule has 2 saturated heterocycles. The third-order valence-electron chi connectivity index (χ3n) is 7.93. The van der Waals surface area contributed by atoms with E-state index in [1.165, 1.54) is 19.3 Å². The van der Waals surface area contributed by atoms with Crippen LogP contribution in [0.15, 0.2) is 47.7 Å². The van der Waals surface area contributed by atoms with Gasteiger partial charge in [0.05, 0.1) is 13.2 Å². The maximum Gasteiger partial charge on any atom is 0.263 e. The van der Waals surface area contributed by atoms with Crippen LogP contribution >= 0.6 is 0 Å². The van der Waals surface area contributed by atoms with Crippen LogP contribution in [0.4, 0.5) is 5.69 Å². The van der Waals surface area contributed by atoms with Gasteiger partial charge in [0.25, 0.3) is 11.5 Å².